The Morgan fingerprint density at radius 3 is 1.95 bits per heavy atom. The van der Waals surface area contributed by atoms with E-state index in [-0.39, 0.29) is 0 Å². The highest BCUT2D eigenvalue weighted by molar-refractivity contribution is 5.28. The number of aryl methyl sites for hydroxylation is 1. The van der Waals surface area contributed by atoms with Crippen LogP contribution in [-0.4, -0.2) is 6.54 Å². The zero-order chi connectivity index (χ0) is 15.1. The molecule has 2 N–H and O–H groups in total. The van der Waals surface area contributed by atoms with Gasteiger partial charge in [-0.05, 0) is 54.3 Å². The van der Waals surface area contributed by atoms with E-state index in [1.807, 2.05) is 0 Å². The Kier molecular flexibility index (Phi) is 5.58. The first kappa shape index (κ1) is 15.8. The lowest BCUT2D eigenvalue weighted by Gasteiger charge is -2.23. The molecule has 0 bridgehead atoms. The molecule has 0 amide bonds. The Bertz CT molecular complexity index is 526. The van der Waals surface area contributed by atoms with E-state index in [1.54, 1.807) is 0 Å². The lowest BCUT2D eigenvalue weighted by atomic mass is 9.83. The zero-order valence-corrected chi connectivity index (χ0v) is 13.3. The molecule has 0 unspecified atom stereocenters. The van der Waals surface area contributed by atoms with Crippen LogP contribution in [0.1, 0.15) is 43.4 Å². The summed E-state index contributed by atoms with van der Waals surface area (Å²) in [5.41, 5.74) is 10.2. The van der Waals surface area contributed by atoms with E-state index in [2.05, 4.69) is 68.4 Å². The molecule has 0 spiro atoms. The number of rotatable bonds is 7. The minimum atomic E-state index is 0.345. The van der Waals surface area contributed by atoms with E-state index in [0.717, 1.165) is 25.8 Å². The molecule has 0 aliphatic rings. The molecule has 2 rings (SSSR count). The van der Waals surface area contributed by atoms with Gasteiger partial charge in [-0.2, -0.15) is 0 Å². The minimum Gasteiger partial charge on any atom is -0.330 e. The van der Waals surface area contributed by atoms with Crippen LogP contribution in [0.25, 0.3) is 0 Å². The van der Waals surface area contributed by atoms with Gasteiger partial charge in [-0.3, -0.25) is 0 Å². The van der Waals surface area contributed by atoms with E-state index >= 15 is 0 Å². The van der Waals surface area contributed by atoms with Crippen molar-refractivity contribution >= 4 is 0 Å². The molecule has 0 atom stereocenters. The molecular weight excluding hydrogens is 254 g/mol. The van der Waals surface area contributed by atoms with Gasteiger partial charge in [0.2, 0.25) is 0 Å². The number of hydrogen-bond donors (Lipinski definition) is 1. The van der Waals surface area contributed by atoms with E-state index in [0.29, 0.717) is 5.41 Å². The molecule has 0 aliphatic carbocycles. The van der Waals surface area contributed by atoms with Crippen LogP contribution in [0.3, 0.4) is 0 Å². The second kappa shape index (κ2) is 7.42. The van der Waals surface area contributed by atoms with Gasteiger partial charge in [0.25, 0.3) is 0 Å². The van der Waals surface area contributed by atoms with Crippen molar-refractivity contribution in [1.29, 1.82) is 0 Å². The van der Waals surface area contributed by atoms with Crippen LogP contribution in [0, 0.1) is 5.41 Å². The largest absolute Gasteiger partial charge is 0.330 e. The van der Waals surface area contributed by atoms with Crippen molar-refractivity contribution in [1.82, 2.24) is 0 Å². The molecule has 21 heavy (non-hydrogen) atoms. The first-order chi connectivity index (χ1) is 10.1. The maximum atomic E-state index is 5.68. The predicted molar refractivity (Wildman–Crippen MR) is 91.5 cm³/mol. The van der Waals surface area contributed by atoms with Crippen molar-refractivity contribution in [2.45, 2.75) is 39.5 Å². The van der Waals surface area contributed by atoms with Gasteiger partial charge >= 0.3 is 0 Å². The Morgan fingerprint density at radius 1 is 0.762 bits per heavy atom. The average molecular weight is 281 g/mol. The molecular formula is C20H27N. The van der Waals surface area contributed by atoms with Crippen molar-refractivity contribution < 1.29 is 0 Å². The first-order valence-electron chi connectivity index (χ1n) is 7.91. The Balaban J connectivity index is 1.90. The summed E-state index contributed by atoms with van der Waals surface area (Å²) < 4.78 is 0. The minimum absolute atomic E-state index is 0.345. The van der Waals surface area contributed by atoms with Crippen LogP contribution in [-0.2, 0) is 12.8 Å². The number of hydrogen-bond acceptors (Lipinski definition) is 1. The van der Waals surface area contributed by atoms with Gasteiger partial charge in [-0.25, -0.2) is 0 Å². The summed E-state index contributed by atoms with van der Waals surface area (Å²) in [6, 6.07) is 19.7. The first-order valence-corrected chi connectivity index (χ1v) is 7.91. The van der Waals surface area contributed by atoms with Crippen LogP contribution >= 0.6 is 0 Å². The molecule has 0 fully saturated rings. The van der Waals surface area contributed by atoms with Gasteiger partial charge in [-0.15, -0.1) is 0 Å². The molecule has 0 saturated carbocycles. The fourth-order valence-corrected chi connectivity index (χ4v) is 2.65. The van der Waals surface area contributed by atoms with Crippen molar-refractivity contribution in [3.63, 3.8) is 0 Å². The molecule has 1 nitrogen and oxygen atoms in total. The highest BCUT2D eigenvalue weighted by Crippen LogP contribution is 2.26. The second-order valence-corrected chi connectivity index (χ2v) is 6.68. The van der Waals surface area contributed by atoms with Crippen molar-refractivity contribution in [3.8, 4) is 0 Å². The van der Waals surface area contributed by atoms with Gasteiger partial charge < -0.3 is 5.73 Å². The summed E-state index contributed by atoms with van der Waals surface area (Å²) in [7, 11) is 0. The van der Waals surface area contributed by atoms with Crippen LogP contribution in [0.5, 0.6) is 0 Å². The third kappa shape index (κ3) is 5.35. The van der Waals surface area contributed by atoms with E-state index in [4.69, 9.17) is 5.73 Å². The van der Waals surface area contributed by atoms with Crippen LogP contribution in [0.2, 0.25) is 0 Å². The van der Waals surface area contributed by atoms with Crippen LogP contribution < -0.4 is 5.73 Å². The molecule has 2 aromatic carbocycles. The molecule has 0 heterocycles. The molecule has 112 valence electrons. The van der Waals surface area contributed by atoms with Crippen molar-refractivity contribution in [3.05, 3.63) is 71.3 Å². The third-order valence-corrected chi connectivity index (χ3v) is 4.19. The maximum absolute atomic E-state index is 5.68. The summed E-state index contributed by atoms with van der Waals surface area (Å²) in [5, 5.41) is 0. The van der Waals surface area contributed by atoms with Gasteiger partial charge in [0.05, 0.1) is 0 Å². The van der Waals surface area contributed by atoms with Crippen molar-refractivity contribution in [2.24, 2.45) is 11.1 Å². The normalized spacial score (nSPS) is 11.6. The quantitative estimate of drug-likeness (QED) is 0.789. The van der Waals surface area contributed by atoms with Gasteiger partial charge in [0.1, 0.15) is 0 Å². The van der Waals surface area contributed by atoms with E-state index in [1.165, 1.54) is 23.1 Å². The predicted octanol–water partition coefficient (Wildman–Crippen LogP) is 4.59. The van der Waals surface area contributed by atoms with Crippen LogP contribution in [0.15, 0.2) is 54.6 Å². The second-order valence-electron chi connectivity index (χ2n) is 6.68. The third-order valence-electron chi connectivity index (χ3n) is 4.19. The van der Waals surface area contributed by atoms with Crippen molar-refractivity contribution in [2.75, 3.05) is 6.54 Å². The summed E-state index contributed by atoms with van der Waals surface area (Å²) in [5.74, 6) is 0. The van der Waals surface area contributed by atoms with Crippen LogP contribution in [0.4, 0.5) is 0 Å². The standard InChI is InChI=1S/C20H27N/c1-20(2,14-15-21)13-12-17-8-10-19(11-9-17)16-18-6-4-3-5-7-18/h3-11H,12-16,21H2,1-2H3. The highest BCUT2D eigenvalue weighted by atomic mass is 14.5. The molecule has 0 saturated heterocycles. The molecule has 0 aromatic heterocycles. The molecule has 0 radical (unpaired) electrons. The zero-order valence-electron chi connectivity index (χ0n) is 13.3. The Hall–Kier alpha value is -1.60. The fourth-order valence-electron chi connectivity index (χ4n) is 2.65. The van der Waals surface area contributed by atoms with Gasteiger partial charge in [0.15, 0.2) is 0 Å². The number of benzene rings is 2. The smallest absolute Gasteiger partial charge is 0.00258 e. The summed E-state index contributed by atoms with van der Waals surface area (Å²) in [6.07, 6.45) is 4.44. The summed E-state index contributed by atoms with van der Waals surface area (Å²) >= 11 is 0. The average Bonchev–Trinajstić information content (AvgIpc) is 2.48. The summed E-state index contributed by atoms with van der Waals surface area (Å²) in [4.78, 5) is 0. The van der Waals surface area contributed by atoms with E-state index in [9.17, 15) is 0 Å². The lowest BCUT2D eigenvalue weighted by molar-refractivity contribution is 0.313. The molecule has 2 aromatic rings. The SMILES string of the molecule is CC(C)(CCN)CCc1ccc(Cc2ccccc2)cc1. The van der Waals surface area contributed by atoms with E-state index < -0.39 is 0 Å². The van der Waals surface area contributed by atoms with Gasteiger partial charge in [-0.1, -0.05) is 68.4 Å². The number of nitrogens with two attached hydrogens (primary N) is 1. The summed E-state index contributed by atoms with van der Waals surface area (Å²) in [6.45, 7) is 5.40. The molecule has 1 heteroatoms. The Morgan fingerprint density at radius 2 is 1.33 bits per heavy atom. The van der Waals surface area contributed by atoms with Gasteiger partial charge in [0, 0.05) is 0 Å². The topological polar surface area (TPSA) is 26.0 Å². The molecule has 0 aliphatic heterocycles. The fraction of sp³-hybridized carbons (Fsp3) is 0.400. The Labute approximate surface area is 129 Å². The highest BCUT2D eigenvalue weighted by Gasteiger charge is 2.16. The monoisotopic (exact) mass is 281 g/mol. The lowest BCUT2D eigenvalue weighted by Crippen LogP contribution is -2.17. The maximum Gasteiger partial charge on any atom is -0.00258 e.